The molecule has 3 N–H and O–H groups in total. The van der Waals surface area contributed by atoms with Gasteiger partial charge in [-0.15, -0.1) is 5.10 Å². The Balaban J connectivity index is 1.78. The maximum atomic E-state index is 9.80. The van der Waals surface area contributed by atoms with E-state index in [0.717, 1.165) is 26.9 Å². The van der Waals surface area contributed by atoms with Gasteiger partial charge in [-0.05, 0) is 37.3 Å². The van der Waals surface area contributed by atoms with Crippen molar-refractivity contribution in [3.8, 4) is 17.7 Å². The number of H-pyrrole nitrogens is 1. The van der Waals surface area contributed by atoms with E-state index in [4.69, 9.17) is 38.4 Å². The van der Waals surface area contributed by atoms with Gasteiger partial charge >= 0.3 is 0 Å². The molecule has 0 unspecified atom stereocenters. The SMILES string of the molecule is Cc1[nH]nc2c1[C@@H](c1cc(Br)ccc1OCc1ccc(Cl)cc1Cl)C(C#N)=C(N)O2. The molecule has 0 saturated carbocycles. The molecule has 4 rings (SSSR count). The number of allylic oxidation sites excluding steroid dienone is 1. The number of rotatable bonds is 4. The second kappa shape index (κ2) is 8.23. The van der Waals surface area contributed by atoms with Crippen molar-refractivity contribution in [2.24, 2.45) is 5.73 Å². The number of aromatic amines is 1. The largest absolute Gasteiger partial charge is 0.489 e. The summed E-state index contributed by atoms with van der Waals surface area (Å²) < 4.78 is 12.5. The third kappa shape index (κ3) is 3.74. The molecule has 0 aliphatic carbocycles. The van der Waals surface area contributed by atoms with Crippen molar-refractivity contribution < 1.29 is 9.47 Å². The first-order valence-electron chi connectivity index (χ1n) is 8.87. The fraction of sp³-hybridized carbons (Fsp3) is 0.143. The number of fused-ring (bicyclic) bond motifs is 1. The van der Waals surface area contributed by atoms with Crippen LogP contribution in [0, 0.1) is 18.3 Å². The second-order valence-corrected chi connectivity index (χ2v) is 8.46. The van der Waals surface area contributed by atoms with Crippen LogP contribution in [0.4, 0.5) is 0 Å². The molecule has 1 aromatic heterocycles. The highest BCUT2D eigenvalue weighted by molar-refractivity contribution is 9.10. The molecule has 9 heteroatoms. The lowest BCUT2D eigenvalue weighted by atomic mass is 9.83. The topological polar surface area (TPSA) is 97.0 Å². The zero-order chi connectivity index (χ0) is 21.4. The standard InChI is InChI=1S/C21H15BrCl2N4O2/c1-10-18-19(15(8-25)20(26)30-21(18)28-27-10)14-6-12(22)3-5-17(14)29-9-11-2-4-13(23)7-16(11)24/h2-7,19H,9,26H2,1H3,(H,27,28)/t19-/m0/s1. The fourth-order valence-electron chi connectivity index (χ4n) is 3.38. The van der Waals surface area contributed by atoms with E-state index in [-0.39, 0.29) is 12.5 Å². The number of aryl methyl sites for hydroxylation is 1. The van der Waals surface area contributed by atoms with Crippen LogP contribution in [0.3, 0.4) is 0 Å². The van der Waals surface area contributed by atoms with Crippen LogP contribution in [0.1, 0.15) is 28.3 Å². The van der Waals surface area contributed by atoms with Gasteiger partial charge in [-0.1, -0.05) is 45.2 Å². The van der Waals surface area contributed by atoms with Crippen LogP contribution in [-0.2, 0) is 6.61 Å². The Labute approximate surface area is 191 Å². The van der Waals surface area contributed by atoms with Gasteiger partial charge in [0.05, 0.1) is 5.92 Å². The van der Waals surface area contributed by atoms with Gasteiger partial charge in [0.2, 0.25) is 11.8 Å². The molecule has 0 bridgehead atoms. The molecule has 1 aliphatic rings. The minimum atomic E-state index is -0.495. The van der Waals surface area contributed by atoms with Crippen molar-refractivity contribution in [3.63, 3.8) is 0 Å². The molecule has 30 heavy (non-hydrogen) atoms. The molecule has 0 spiro atoms. The van der Waals surface area contributed by atoms with Crippen LogP contribution in [-0.4, -0.2) is 10.2 Å². The number of nitrogens with zero attached hydrogens (tertiary/aromatic N) is 2. The summed E-state index contributed by atoms with van der Waals surface area (Å²) in [5.41, 5.74) is 9.38. The Bertz CT molecular complexity index is 1220. The minimum Gasteiger partial charge on any atom is -0.489 e. The fourth-order valence-corrected chi connectivity index (χ4v) is 4.22. The Morgan fingerprint density at radius 1 is 1.30 bits per heavy atom. The second-order valence-electron chi connectivity index (χ2n) is 6.70. The van der Waals surface area contributed by atoms with Crippen molar-refractivity contribution in [1.82, 2.24) is 10.2 Å². The highest BCUT2D eigenvalue weighted by Crippen LogP contribution is 2.46. The van der Waals surface area contributed by atoms with E-state index < -0.39 is 5.92 Å². The quantitative estimate of drug-likeness (QED) is 0.482. The van der Waals surface area contributed by atoms with Gasteiger partial charge in [-0.2, -0.15) is 5.26 Å². The first-order chi connectivity index (χ1) is 14.4. The lowest BCUT2D eigenvalue weighted by Crippen LogP contribution is -2.21. The summed E-state index contributed by atoms with van der Waals surface area (Å²) in [7, 11) is 0. The number of ether oxygens (including phenoxy) is 2. The van der Waals surface area contributed by atoms with E-state index in [1.807, 2.05) is 31.2 Å². The number of halogens is 3. The summed E-state index contributed by atoms with van der Waals surface area (Å²) >= 11 is 15.8. The van der Waals surface area contributed by atoms with Crippen LogP contribution in [0.5, 0.6) is 11.6 Å². The smallest absolute Gasteiger partial charge is 0.244 e. The first-order valence-corrected chi connectivity index (χ1v) is 10.4. The Kier molecular flexibility index (Phi) is 5.65. The summed E-state index contributed by atoms with van der Waals surface area (Å²) in [6, 6.07) is 13.0. The molecule has 0 saturated heterocycles. The molecular formula is C21H15BrCl2N4O2. The number of benzene rings is 2. The van der Waals surface area contributed by atoms with Crippen molar-refractivity contribution in [2.45, 2.75) is 19.4 Å². The van der Waals surface area contributed by atoms with E-state index in [1.165, 1.54) is 0 Å². The zero-order valence-corrected chi connectivity index (χ0v) is 18.8. The summed E-state index contributed by atoms with van der Waals surface area (Å²) in [6.45, 7) is 2.09. The van der Waals surface area contributed by atoms with E-state index >= 15 is 0 Å². The van der Waals surface area contributed by atoms with E-state index in [1.54, 1.807) is 12.1 Å². The number of nitriles is 1. The lowest BCUT2D eigenvalue weighted by Gasteiger charge is -2.25. The number of aromatic nitrogens is 2. The Morgan fingerprint density at radius 3 is 2.83 bits per heavy atom. The van der Waals surface area contributed by atoms with Crippen LogP contribution in [0.25, 0.3) is 0 Å². The van der Waals surface area contributed by atoms with Crippen molar-refractivity contribution >= 4 is 39.1 Å². The molecule has 2 aromatic carbocycles. The lowest BCUT2D eigenvalue weighted by molar-refractivity contribution is 0.301. The molecule has 152 valence electrons. The van der Waals surface area contributed by atoms with Gasteiger partial charge in [0.1, 0.15) is 24.0 Å². The Morgan fingerprint density at radius 2 is 2.10 bits per heavy atom. The zero-order valence-electron chi connectivity index (χ0n) is 15.7. The molecule has 0 radical (unpaired) electrons. The summed E-state index contributed by atoms with van der Waals surface area (Å²) in [6.07, 6.45) is 0. The van der Waals surface area contributed by atoms with Gasteiger partial charge < -0.3 is 15.2 Å². The van der Waals surface area contributed by atoms with Crippen LogP contribution < -0.4 is 15.2 Å². The van der Waals surface area contributed by atoms with Crippen LogP contribution >= 0.6 is 39.1 Å². The Hall–Kier alpha value is -2.66. The van der Waals surface area contributed by atoms with Crippen molar-refractivity contribution in [2.75, 3.05) is 0 Å². The van der Waals surface area contributed by atoms with Gasteiger partial charge in [0.15, 0.2) is 0 Å². The summed E-state index contributed by atoms with van der Waals surface area (Å²) in [4.78, 5) is 0. The monoisotopic (exact) mass is 504 g/mol. The number of hydrogen-bond acceptors (Lipinski definition) is 5. The summed E-state index contributed by atoms with van der Waals surface area (Å²) in [5, 5.41) is 17.9. The minimum absolute atomic E-state index is 0.0215. The van der Waals surface area contributed by atoms with Crippen molar-refractivity contribution in [3.05, 3.63) is 84.8 Å². The summed E-state index contributed by atoms with van der Waals surface area (Å²) in [5.74, 6) is 0.461. The normalized spacial score (nSPS) is 15.4. The molecule has 3 aromatic rings. The van der Waals surface area contributed by atoms with Gasteiger partial charge in [-0.25, -0.2) is 0 Å². The first kappa shape index (κ1) is 20.6. The van der Waals surface area contributed by atoms with Crippen molar-refractivity contribution in [1.29, 1.82) is 5.26 Å². The molecule has 0 fully saturated rings. The van der Waals surface area contributed by atoms with E-state index in [0.29, 0.717) is 27.2 Å². The predicted molar refractivity (Wildman–Crippen MR) is 118 cm³/mol. The highest BCUT2D eigenvalue weighted by Gasteiger charge is 2.36. The average molecular weight is 506 g/mol. The average Bonchev–Trinajstić information content (AvgIpc) is 3.07. The third-order valence-corrected chi connectivity index (χ3v) is 5.89. The van der Waals surface area contributed by atoms with Gasteiger partial charge in [-0.3, -0.25) is 5.10 Å². The van der Waals surface area contributed by atoms with E-state index in [9.17, 15) is 5.26 Å². The molecule has 0 amide bonds. The van der Waals surface area contributed by atoms with E-state index in [2.05, 4.69) is 32.2 Å². The highest BCUT2D eigenvalue weighted by atomic mass is 79.9. The molecule has 1 aliphatic heterocycles. The maximum Gasteiger partial charge on any atom is 0.244 e. The molecule has 6 nitrogen and oxygen atoms in total. The maximum absolute atomic E-state index is 9.80. The molecular weight excluding hydrogens is 491 g/mol. The number of nitrogens with two attached hydrogens (primary N) is 1. The van der Waals surface area contributed by atoms with Crippen LogP contribution in [0.15, 0.2) is 52.3 Å². The molecule has 2 heterocycles. The molecule has 1 atom stereocenters. The number of nitrogens with one attached hydrogen (secondary N) is 1. The predicted octanol–water partition coefficient (Wildman–Crippen LogP) is 5.58. The van der Waals surface area contributed by atoms with Gasteiger partial charge in [0, 0.05) is 36.9 Å². The number of hydrogen-bond donors (Lipinski definition) is 2. The third-order valence-electron chi connectivity index (χ3n) is 4.81. The van der Waals surface area contributed by atoms with Crippen LogP contribution in [0.2, 0.25) is 10.0 Å². The van der Waals surface area contributed by atoms with Gasteiger partial charge in [0.25, 0.3) is 0 Å².